The Morgan fingerprint density at radius 3 is 2.57 bits per heavy atom. The number of ether oxygens (including phenoxy) is 3. The van der Waals surface area contributed by atoms with Gasteiger partial charge in [-0.2, -0.15) is 0 Å². The molecule has 196 valence electrons. The standard InChI is InChI=1S/C27H31N3O7/c1-18-25(27(34)30(29(18)2)20-8-4-3-5-9-20)19-16-23(26(33)28-21-10-6-7-11-22(21)32)37-24(17-19)36-15-14-35-13-12-31/h3-11,16,19,24,31-32H,12-15,17H2,1-2H3,(H,28,33)/t19-,24+/m0/s1. The first-order valence-corrected chi connectivity index (χ1v) is 12.0. The molecule has 2 aromatic carbocycles. The molecule has 0 radical (unpaired) electrons. The molecular weight excluding hydrogens is 478 g/mol. The Hall–Kier alpha value is -3.86. The lowest BCUT2D eigenvalue weighted by Crippen LogP contribution is -2.32. The number of nitrogens with zero attached hydrogens (tertiary/aromatic N) is 2. The Morgan fingerprint density at radius 1 is 1.11 bits per heavy atom. The van der Waals surface area contributed by atoms with Gasteiger partial charge in [0.1, 0.15) is 5.75 Å². The van der Waals surface area contributed by atoms with E-state index in [-0.39, 0.29) is 49.2 Å². The Balaban J connectivity index is 1.65. The van der Waals surface area contributed by atoms with E-state index in [4.69, 9.17) is 19.3 Å². The third-order valence-electron chi connectivity index (χ3n) is 6.17. The maximum Gasteiger partial charge on any atom is 0.290 e. The highest BCUT2D eigenvalue weighted by molar-refractivity contribution is 6.03. The molecule has 3 N–H and O–H groups in total. The third-order valence-corrected chi connectivity index (χ3v) is 6.17. The topological polar surface area (TPSA) is 124 Å². The van der Waals surface area contributed by atoms with Crippen molar-refractivity contribution in [2.45, 2.75) is 25.6 Å². The van der Waals surface area contributed by atoms with Gasteiger partial charge in [0, 0.05) is 30.6 Å². The number of aliphatic hydroxyl groups is 1. The van der Waals surface area contributed by atoms with Crippen molar-refractivity contribution in [2.75, 3.05) is 31.7 Å². The second-order valence-corrected chi connectivity index (χ2v) is 8.57. The van der Waals surface area contributed by atoms with Crippen molar-refractivity contribution >= 4 is 11.6 Å². The molecule has 0 fully saturated rings. The Morgan fingerprint density at radius 2 is 1.84 bits per heavy atom. The summed E-state index contributed by atoms with van der Waals surface area (Å²) in [6, 6.07) is 15.7. The largest absolute Gasteiger partial charge is 0.506 e. The smallest absolute Gasteiger partial charge is 0.290 e. The highest BCUT2D eigenvalue weighted by atomic mass is 16.7. The molecule has 2 atom stereocenters. The maximum atomic E-state index is 13.6. The van der Waals surface area contributed by atoms with Crippen LogP contribution >= 0.6 is 0 Å². The van der Waals surface area contributed by atoms with E-state index in [0.29, 0.717) is 12.0 Å². The number of nitrogens with one attached hydrogen (secondary N) is 1. The molecule has 10 nitrogen and oxygen atoms in total. The van der Waals surface area contributed by atoms with Crippen LogP contribution in [0, 0.1) is 6.92 Å². The minimum Gasteiger partial charge on any atom is -0.506 e. The summed E-state index contributed by atoms with van der Waals surface area (Å²) < 4.78 is 20.3. The number of rotatable bonds is 10. The predicted molar refractivity (Wildman–Crippen MR) is 137 cm³/mol. The van der Waals surface area contributed by atoms with Gasteiger partial charge in [-0.05, 0) is 37.3 Å². The normalized spacial score (nSPS) is 17.2. The third kappa shape index (κ3) is 5.93. The van der Waals surface area contributed by atoms with E-state index in [1.807, 2.05) is 44.3 Å². The number of anilines is 1. The van der Waals surface area contributed by atoms with E-state index in [2.05, 4.69) is 5.32 Å². The van der Waals surface area contributed by atoms with Crippen LogP contribution in [0.15, 0.2) is 71.2 Å². The number of phenols is 1. The molecule has 0 saturated heterocycles. The van der Waals surface area contributed by atoms with Crippen molar-refractivity contribution in [1.82, 2.24) is 9.36 Å². The van der Waals surface area contributed by atoms with Gasteiger partial charge < -0.3 is 29.7 Å². The molecule has 1 aromatic heterocycles. The molecule has 1 aliphatic heterocycles. The summed E-state index contributed by atoms with van der Waals surface area (Å²) in [5.41, 5.74) is 2.05. The van der Waals surface area contributed by atoms with Crippen LogP contribution in [0.5, 0.6) is 5.75 Å². The maximum absolute atomic E-state index is 13.6. The lowest BCUT2D eigenvalue weighted by Gasteiger charge is -2.29. The number of allylic oxidation sites excluding steroid dienone is 1. The molecule has 0 unspecified atom stereocenters. The minimum absolute atomic E-state index is 0.0188. The fraction of sp³-hybridized carbons (Fsp3) is 0.333. The van der Waals surface area contributed by atoms with Crippen LogP contribution in [-0.2, 0) is 26.1 Å². The van der Waals surface area contributed by atoms with Crippen LogP contribution in [-0.4, -0.2) is 58.2 Å². The minimum atomic E-state index is -0.818. The van der Waals surface area contributed by atoms with Crippen LogP contribution in [0.3, 0.4) is 0 Å². The van der Waals surface area contributed by atoms with E-state index in [1.54, 1.807) is 33.6 Å². The van der Waals surface area contributed by atoms with Crippen LogP contribution < -0.4 is 10.9 Å². The number of phenolic OH excluding ortho intramolecular Hbond substituents is 1. The second kappa shape index (κ2) is 11.9. The number of hydrogen-bond donors (Lipinski definition) is 3. The van der Waals surface area contributed by atoms with Crippen LogP contribution in [0.25, 0.3) is 5.69 Å². The Bertz CT molecular complexity index is 1310. The number of para-hydroxylation sites is 3. The van der Waals surface area contributed by atoms with Crippen LogP contribution in [0.4, 0.5) is 5.69 Å². The molecule has 0 bridgehead atoms. The molecule has 4 rings (SSSR count). The average molecular weight is 510 g/mol. The molecular formula is C27H31N3O7. The van der Waals surface area contributed by atoms with E-state index >= 15 is 0 Å². The SMILES string of the molecule is Cc1c([C@H]2C=C(C(=O)Nc3ccccc3O)O[C@@H](OCCOCCO)C2)c(=O)n(-c2ccccc2)n1C. The van der Waals surface area contributed by atoms with Crippen molar-refractivity contribution in [3.63, 3.8) is 0 Å². The summed E-state index contributed by atoms with van der Waals surface area (Å²) in [4.78, 5) is 26.7. The number of aromatic hydroxyl groups is 1. The molecule has 37 heavy (non-hydrogen) atoms. The summed E-state index contributed by atoms with van der Waals surface area (Å²) in [6.07, 6.45) is 1.11. The lowest BCUT2D eigenvalue weighted by atomic mass is 9.93. The zero-order chi connectivity index (χ0) is 26.4. The van der Waals surface area contributed by atoms with Gasteiger partial charge in [0.15, 0.2) is 5.76 Å². The molecule has 1 amide bonds. The first-order chi connectivity index (χ1) is 17.9. The van der Waals surface area contributed by atoms with E-state index in [0.717, 1.165) is 11.4 Å². The first kappa shape index (κ1) is 26.2. The molecule has 3 aromatic rings. The van der Waals surface area contributed by atoms with Gasteiger partial charge in [-0.1, -0.05) is 30.3 Å². The Kier molecular flexibility index (Phi) is 8.44. The predicted octanol–water partition coefficient (Wildman–Crippen LogP) is 2.57. The van der Waals surface area contributed by atoms with Crippen LogP contribution in [0.2, 0.25) is 0 Å². The average Bonchev–Trinajstić information content (AvgIpc) is 3.13. The Labute approximate surface area is 214 Å². The fourth-order valence-electron chi connectivity index (χ4n) is 4.30. The lowest BCUT2D eigenvalue weighted by molar-refractivity contribution is -0.148. The molecule has 2 heterocycles. The van der Waals surface area contributed by atoms with Crippen molar-refractivity contribution < 1.29 is 29.2 Å². The number of amides is 1. The molecule has 0 spiro atoms. The number of aliphatic hydroxyl groups excluding tert-OH is 1. The van der Waals surface area contributed by atoms with Gasteiger partial charge in [-0.25, -0.2) is 4.68 Å². The summed E-state index contributed by atoms with van der Waals surface area (Å²) >= 11 is 0. The highest BCUT2D eigenvalue weighted by Gasteiger charge is 2.33. The molecule has 0 aliphatic carbocycles. The zero-order valence-electron chi connectivity index (χ0n) is 20.8. The van der Waals surface area contributed by atoms with Gasteiger partial charge in [0.25, 0.3) is 11.5 Å². The van der Waals surface area contributed by atoms with Gasteiger partial charge in [0.05, 0.1) is 37.8 Å². The van der Waals surface area contributed by atoms with E-state index < -0.39 is 18.1 Å². The van der Waals surface area contributed by atoms with Gasteiger partial charge in [0.2, 0.25) is 6.29 Å². The quantitative estimate of drug-likeness (QED) is 0.283. The molecule has 10 heteroatoms. The number of aromatic nitrogens is 2. The summed E-state index contributed by atoms with van der Waals surface area (Å²) in [5, 5.41) is 21.6. The van der Waals surface area contributed by atoms with Gasteiger partial charge in [-0.3, -0.25) is 14.3 Å². The molecule has 0 saturated carbocycles. The van der Waals surface area contributed by atoms with Gasteiger partial charge >= 0.3 is 0 Å². The number of benzene rings is 2. The van der Waals surface area contributed by atoms with Crippen LogP contribution in [0.1, 0.15) is 23.6 Å². The van der Waals surface area contributed by atoms with Crippen molar-refractivity contribution in [3.05, 3.63) is 88.0 Å². The summed E-state index contributed by atoms with van der Waals surface area (Å²) in [6.45, 7) is 2.36. The van der Waals surface area contributed by atoms with Gasteiger partial charge in [-0.15, -0.1) is 0 Å². The highest BCUT2D eigenvalue weighted by Crippen LogP contribution is 2.33. The van der Waals surface area contributed by atoms with Crippen molar-refractivity contribution in [2.24, 2.45) is 7.05 Å². The van der Waals surface area contributed by atoms with Crippen molar-refractivity contribution in [1.29, 1.82) is 0 Å². The number of carbonyl (C=O) groups is 1. The second-order valence-electron chi connectivity index (χ2n) is 8.57. The van der Waals surface area contributed by atoms with E-state index in [1.165, 1.54) is 6.07 Å². The summed E-state index contributed by atoms with van der Waals surface area (Å²) in [5.74, 6) is -1.14. The monoisotopic (exact) mass is 509 g/mol. The molecule has 1 aliphatic rings. The van der Waals surface area contributed by atoms with E-state index in [9.17, 15) is 14.7 Å². The fourth-order valence-corrected chi connectivity index (χ4v) is 4.30. The first-order valence-electron chi connectivity index (χ1n) is 12.0. The zero-order valence-corrected chi connectivity index (χ0v) is 20.8. The number of hydrogen-bond acceptors (Lipinski definition) is 7. The number of carbonyl (C=O) groups excluding carboxylic acids is 1. The van der Waals surface area contributed by atoms with Crippen molar-refractivity contribution in [3.8, 4) is 11.4 Å². The summed E-state index contributed by atoms with van der Waals surface area (Å²) in [7, 11) is 1.81.